The molecule has 1 fully saturated rings. The normalized spacial score (nSPS) is 14.3. The number of methoxy groups -OCH3 is 1. The van der Waals surface area contributed by atoms with Gasteiger partial charge in [-0.2, -0.15) is 0 Å². The van der Waals surface area contributed by atoms with Gasteiger partial charge in [0.2, 0.25) is 0 Å². The lowest BCUT2D eigenvalue weighted by molar-refractivity contribution is 0.0742. The molecule has 156 valence electrons. The Labute approximate surface area is 183 Å². The highest BCUT2D eigenvalue weighted by molar-refractivity contribution is 9.10. The molecule has 0 radical (unpaired) electrons. The Hall–Kier alpha value is -2.80. The van der Waals surface area contributed by atoms with E-state index in [2.05, 4.69) is 52.9 Å². The minimum atomic E-state index is -0.648. The van der Waals surface area contributed by atoms with Gasteiger partial charge >= 0.3 is 5.63 Å². The molecule has 1 aromatic heterocycles. The molecule has 4 rings (SSSR count). The highest BCUT2D eigenvalue weighted by atomic mass is 79.9. The molecule has 3 aromatic rings. The lowest BCUT2D eigenvalue weighted by Crippen LogP contribution is -2.49. The summed E-state index contributed by atoms with van der Waals surface area (Å²) < 4.78 is 11.5. The predicted octanol–water partition coefficient (Wildman–Crippen LogP) is 4.14. The van der Waals surface area contributed by atoms with E-state index in [9.17, 15) is 9.59 Å². The number of hydrogen-bond acceptors (Lipinski definition) is 5. The van der Waals surface area contributed by atoms with Gasteiger partial charge in [0.25, 0.3) is 5.91 Å². The number of carbonyl (C=O) groups excluding carboxylic acids is 1. The van der Waals surface area contributed by atoms with Crippen LogP contribution in [0.1, 0.15) is 21.5 Å². The van der Waals surface area contributed by atoms with E-state index in [0.717, 1.165) is 4.47 Å². The fourth-order valence-electron chi connectivity index (χ4n) is 3.95. The van der Waals surface area contributed by atoms with E-state index >= 15 is 0 Å². The second-order valence-corrected chi connectivity index (χ2v) is 8.46. The van der Waals surface area contributed by atoms with E-state index in [0.29, 0.717) is 42.9 Å². The average Bonchev–Trinajstić information content (AvgIpc) is 2.73. The smallest absolute Gasteiger partial charge is 0.349 e. The summed E-state index contributed by atoms with van der Waals surface area (Å²) in [5, 5.41) is 0.637. The number of piperazine rings is 1. The number of fused-ring (bicyclic) bond motifs is 1. The minimum Gasteiger partial charge on any atom is -0.493 e. The maximum atomic E-state index is 13.1. The quantitative estimate of drug-likeness (QED) is 0.538. The summed E-state index contributed by atoms with van der Waals surface area (Å²) in [5.74, 6) is 0.141. The van der Waals surface area contributed by atoms with Gasteiger partial charge in [0, 0.05) is 41.7 Å². The van der Waals surface area contributed by atoms with Gasteiger partial charge in [-0.15, -0.1) is 0 Å². The maximum absolute atomic E-state index is 13.1. The van der Waals surface area contributed by atoms with Gasteiger partial charge in [0.1, 0.15) is 5.56 Å². The number of amides is 1. The zero-order valence-corrected chi connectivity index (χ0v) is 18.8. The van der Waals surface area contributed by atoms with Crippen LogP contribution >= 0.6 is 15.9 Å². The number of halogens is 1. The van der Waals surface area contributed by atoms with Crippen LogP contribution in [0, 0.1) is 13.8 Å². The number of rotatable bonds is 3. The van der Waals surface area contributed by atoms with Gasteiger partial charge in [0.05, 0.1) is 7.11 Å². The molecule has 0 N–H and O–H groups in total. The van der Waals surface area contributed by atoms with Gasteiger partial charge < -0.3 is 19.0 Å². The molecule has 1 aliphatic heterocycles. The van der Waals surface area contributed by atoms with Crippen molar-refractivity contribution in [3.8, 4) is 5.75 Å². The predicted molar refractivity (Wildman–Crippen MR) is 121 cm³/mol. The van der Waals surface area contributed by atoms with Crippen LogP contribution in [0.2, 0.25) is 0 Å². The summed E-state index contributed by atoms with van der Waals surface area (Å²) in [6, 6.07) is 11.5. The largest absolute Gasteiger partial charge is 0.493 e. The Morgan fingerprint density at radius 1 is 1.07 bits per heavy atom. The van der Waals surface area contributed by atoms with Gasteiger partial charge in [-0.25, -0.2) is 4.79 Å². The number of aryl methyl sites for hydroxylation is 2. The van der Waals surface area contributed by atoms with Crippen LogP contribution in [-0.2, 0) is 0 Å². The summed E-state index contributed by atoms with van der Waals surface area (Å²) in [6.07, 6.45) is 0. The van der Waals surface area contributed by atoms with Crippen molar-refractivity contribution in [2.45, 2.75) is 13.8 Å². The number of benzene rings is 2. The standard InChI is InChI=1S/C23H23BrN2O4/c1-14-4-5-19(15(2)10-14)25-6-8-26(9-7-25)22(27)18-12-16-11-17(24)13-20(29-3)21(16)30-23(18)28/h4-5,10-13H,6-9H2,1-3H3. The highest BCUT2D eigenvalue weighted by Gasteiger charge is 2.26. The van der Waals surface area contributed by atoms with E-state index in [1.165, 1.54) is 23.9 Å². The first-order valence-electron chi connectivity index (χ1n) is 9.80. The molecule has 0 unspecified atom stereocenters. The zero-order valence-electron chi connectivity index (χ0n) is 17.2. The van der Waals surface area contributed by atoms with Crippen molar-refractivity contribution in [1.29, 1.82) is 0 Å². The molecule has 7 heteroatoms. The monoisotopic (exact) mass is 470 g/mol. The third-order valence-electron chi connectivity index (χ3n) is 5.47. The van der Waals surface area contributed by atoms with Gasteiger partial charge in [-0.1, -0.05) is 33.6 Å². The molecular weight excluding hydrogens is 448 g/mol. The first-order chi connectivity index (χ1) is 14.4. The van der Waals surface area contributed by atoms with E-state index in [-0.39, 0.29) is 11.5 Å². The van der Waals surface area contributed by atoms with Crippen LogP contribution in [-0.4, -0.2) is 44.1 Å². The van der Waals surface area contributed by atoms with Gasteiger partial charge in [-0.3, -0.25) is 4.79 Å². The van der Waals surface area contributed by atoms with Crippen LogP contribution in [0.4, 0.5) is 5.69 Å². The second-order valence-electron chi connectivity index (χ2n) is 7.54. The van der Waals surface area contributed by atoms with E-state index in [1.54, 1.807) is 23.1 Å². The van der Waals surface area contributed by atoms with Crippen LogP contribution in [0.15, 0.2) is 50.1 Å². The fourth-order valence-corrected chi connectivity index (χ4v) is 4.40. The Balaban J connectivity index is 1.56. The van der Waals surface area contributed by atoms with E-state index in [4.69, 9.17) is 9.15 Å². The molecule has 2 aromatic carbocycles. The molecule has 2 heterocycles. The second kappa shape index (κ2) is 8.14. The van der Waals surface area contributed by atoms with Crippen LogP contribution < -0.4 is 15.3 Å². The summed E-state index contributed by atoms with van der Waals surface area (Å²) in [6.45, 7) is 6.71. The minimum absolute atomic E-state index is 0.0441. The lowest BCUT2D eigenvalue weighted by atomic mass is 10.1. The first-order valence-corrected chi connectivity index (χ1v) is 10.6. The summed E-state index contributed by atoms with van der Waals surface area (Å²) >= 11 is 3.42. The highest BCUT2D eigenvalue weighted by Crippen LogP contribution is 2.30. The number of carbonyl (C=O) groups is 1. The molecule has 0 saturated carbocycles. The van der Waals surface area contributed by atoms with Crippen molar-refractivity contribution in [1.82, 2.24) is 4.90 Å². The van der Waals surface area contributed by atoms with Crippen molar-refractivity contribution in [3.63, 3.8) is 0 Å². The maximum Gasteiger partial charge on any atom is 0.349 e. The van der Waals surface area contributed by atoms with Crippen LogP contribution in [0.5, 0.6) is 5.75 Å². The average molecular weight is 471 g/mol. The van der Waals surface area contributed by atoms with Gasteiger partial charge in [0.15, 0.2) is 11.3 Å². The molecule has 1 amide bonds. The Morgan fingerprint density at radius 2 is 1.80 bits per heavy atom. The van der Waals surface area contributed by atoms with Crippen molar-refractivity contribution >= 4 is 38.5 Å². The fraction of sp³-hybridized carbons (Fsp3) is 0.304. The number of ether oxygens (including phenoxy) is 1. The van der Waals surface area contributed by atoms with Crippen molar-refractivity contribution < 1.29 is 13.9 Å². The van der Waals surface area contributed by atoms with E-state index in [1.807, 2.05) is 0 Å². The third-order valence-corrected chi connectivity index (χ3v) is 5.93. The zero-order chi connectivity index (χ0) is 21.4. The van der Waals surface area contributed by atoms with Crippen LogP contribution in [0.25, 0.3) is 11.0 Å². The molecule has 0 aliphatic carbocycles. The van der Waals surface area contributed by atoms with Crippen molar-refractivity contribution in [3.05, 3.63) is 68.0 Å². The third kappa shape index (κ3) is 3.81. The van der Waals surface area contributed by atoms with Gasteiger partial charge in [-0.05, 0) is 43.7 Å². The summed E-state index contributed by atoms with van der Waals surface area (Å²) in [7, 11) is 1.51. The Bertz CT molecular complexity index is 1180. The summed E-state index contributed by atoms with van der Waals surface area (Å²) in [4.78, 5) is 29.6. The molecule has 1 saturated heterocycles. The van der Waals surface area contributed by atoms with Crippen molar-refractivity contribution in [2.75, 3.05) is 38.2 Å². The molecule has 0 spiro atoms. The number of hydrogen-bond donors (Lipinski definition) is 0. The lowest BCUT2D eigenvalue weighted by Gasteiger charge is -2.36. The molecule has 0 bridgehead atoms. The topological polar surface area (TPSA) is 63.0 Å². The summed E-state index contributed by atoms with van der Waals surface area (Å²) in [5.41, 5.74) is 3.38. The Morgan fingerprint density at radius 3 is 2.47 bits per heavy atom. The van der Waals surface area contributed by atoms with E-state index < -0.39 is 5.63 Å². The Kier molecular flexibility index (Phi) is 5.56. The van der Waals surface area contributed by atoms with Crippen molar-refractivity contribution in [2.24, 2.45) is 0 Å². The van der Waals surface area contributed by atoms with Crippen LogP contribution in [0.3, 0.4) is 0 Å². The molecular formula is C23H23BrN2O4. The molecule has 6 nitrogen and oxygen atoms in total. The SMILES string of the molecule is COc1cc(Br)cc2cc(C(=O)N3CCN(c4ccc(C)cc4C)CC3)c(=O)oc12. The molecule has 30 heavy (non-hydrogen) atoms. The number of anilines is 1. The molecule has 0 atom stereocenters. The molecule has 1 aliphatic rings. The first kappa shape index (κ1) is 20.5. The number of nitrogens with zero attached hydrogens (tertiary/aromatic N) is 2.